The Hall–Kier alpha value is -3.02. The number of aromatic nitrogens is 2. The van der Waals surface area contributed by atoms with Gasteiger partial charge in [-0.2, -0.15) is 0 Å². The molecule has 1 unspecified atom stereocenters. The highest BCUT2D eigenvalue weighted by Crippen LogP contribution is 2.28. The number of hydrogen-bond donors (Lipinski definition) is 2. The number of carbonyl (C=O) groups is 2. The molecule has 0 aliphatic carbocycles. The summed E-state index contributed by atoms with van der Waals surface area (Å²) in [6.07, 6.45) is 2.99. The molecule has 1 amide bonds. The van der Waals surface area contributed by atoms with Crippen molar-refractivity contribution in [3.8, 4) is 0 Å². The van der Waals surface area contributed by atoms with Crippen LogP contribution in [0.5, 0.6) is 0 Å². The number of carbonyl (C=O) groups excluding carboxylic acids is 1. The average molecular weight is 403 g/mol. The van der Waals surface area contributed by atoms with Crippen molar-refractivity contribution in [3.63, 3.8) is 0 Å². The summed E-state index contributed by atoms with van der Waals surface area (Å²) in [5.74, 6) is -0.879. The summed E-state index contributed by atoms with van der Waals surface area (Å²) in [7, 11) is 0. The highest BCUT2D eigenvalue weighted by atomic mass is 16.6. The molecule has 9 nitrogen and oxygen atoms in total. The minimum Gasteiger partial charge on any atom is -0.477 e. The Balaban J connectivity index is 2.28. The Labute approximate surface area is 171 Å². The number of aromatic carboxylic acids is 1. The van der Waals surface area contributed by atoms with Gasteiger partial charge in [-0.15, -0.1) is 0 Å². The number of nitrogens with one attached hydrogen (secondary N) is 1. The summed E-state index contributed by atoms with van der Waals surface area (Å²) in [6.45, 7) is 18.0. The molecule has 0 aromatic carbocycles. The van der Waals surface area contributed by atoms with Gasteiger partial charge in [0.1, 0.15) is 5.60 Å². The van der Waals surface area contributed by atoms with E-state index in [0.717, 1.165) is 18.4 Å². The molecule has 2 rings (SSSR count). The van der Waals surface area contributed by atoms with E-state index in [0.29, 0.717) is 25.6 Å². The number of rotatable bonds is 5. The van der Waals surface area contributed by atoms with Crippen LogP contribution in [-0.4, -0.2) is 51.5 Å². The van der Waals surface area contributed by atoms with Crippen LogP contribution < -0.4 is 10.2 Å². The summed E-state index contributed by atoms with van der Waals surface area (Å²) in [6, 6.07) is -0.156. The monoisotopic (exact) mass is 403 g/mol. The number of amides is 1. The zero-order valence-corrected chi connectivity index (χ0v) is 17.7. The van der Waals surface area contributed by atoms with Crippen LogP contribution >= 0.6 is 0 Å². The number of imidazole rings is 1. The standard InChI is InChI=1S/C20H29N5O4/c1-13(2)9-11-25-15(17(26)27)16(21-6)23-18(25)24-10-7-8-14(12-24)22-19(28)29-20(3,4)5/h9,14H,7-8,10-12H2,1-5H3,(H,22,28)(H,26,27). The van der Waals surface area contributed by atoms with Crippen molar-refractivity contribution in [2.24, 2.45) is 0 Å². The third kappa shape index (κ3) is 5.98. The van der Waals surface area contributed by atoms with Gasteiger partial charge in [0.05, 0.1) is 0 Å². The van der Waals surface area contributed by atoms with Crippen molar-refractivity contribution in [1.82, 2.24) is 14.9 Å². The molecule has 1 saturated heterocycles. The number of alkyl carbamates (subject to hydrolysis) is 1. The molecular formula is C20H29N5O4. The van der Waals surface area contributed by atoms with Crippen molar-refractivity contribution >= 4 is 23.8 Å². The molecule has 0 saturated carbocycles. The van der Waals surface area contributed by atoms with Gasteiger partial charge < -0.3 is 24.9 Å². The van der Waals surface area contributed by atoms with E-state index in [4.69, 9.17) is 11.3 Å². The van der Waals surface area contributed by atoms with Crippen molar-refractivity contribution < 1.29 is 19.4 Å². The van der Waals surface area contributed by atoms with Crippen LogP contribution in [-0.2, 0) is 11.3 Å². The third-order valence-electron chi connectivity index (χ3n) is 4.34. The second-order valence-electron chi connectivity index (χ2n) is 8.32. The van der Waals surface area contributed by atoms with Gasteiger partial charge in [0.2, 0.25) is 0 Å². The van der Waals surface area contributed by atoms with Crippen molar-refractivity contribution in [3.05, 3.63) is 28.8 Å². The van der Waals surface area contributed by atoms with Gasteiger partial charge in [-0.1, -0.05) is 23.2 Å². The first kappa shape index (κ1) is 22.3. The summed E-state index contributed by atoms with van der Waals surface area (Å²) in [5, 5.41) is 12.5. The fourth-order valence-corrected chi connectivity index (χ4v) is 3.16. The maximum Gasteiger partial charge on any atom is 0.407 e. The molecular weight excluding hydrogens is 374 g/mol. The van der Waals surface area contributed by atoms with Crippen LogP contribution in [0.3, 0.4) is 0 Å². The first-order valence-electron chi connectivity index (χ1n) is 9.61. The van der Waals surface area contributed by atoms with Gasteiger partial charge in [-0.25, -0.2) is 9.59 Å². The highest BCUT2D eigenvalue weighted by Gasteiger charge is 2.32. The molecule has 9 heteroatoms. The molecule has 2 N–H and O–H groups in total. The lowest BCUT2D eigenvalue weighted by Crippen LogP contribution is -2.49. The molecule has 29 heavy (non-hydrogen) atoms. The number of carboxylic acids is 1. The lowest BCUT2D eigenvalue weighted by molar-refractivity contribution is 0.0499. The summed E-state index contributed by atoms with van der Waals surface area (Å²) >= 11 is 0. The van der Waals surface area contributed by atoms with E-state index in [-0.39, 0.29) is 17.6 Å². The van der Waals surface area contributed by atoms with E-state index in [1.165, 1.54) is 0 Å². The quantitative estimate of drug-likeness (QED) is 0.575. The predicted octanol–water partition coefficient (Wildman–Crippen LogP) is 3.59. The number of ether oxygens (including phenoxy) is 1. The summed E-state index contributed by atoms with van der Waals surface area (Å²) < 4.78 is 6.88. The fraction of sp³-hybridized carbons (Fsp3) is 0.600. The number of piperidine rings is 1. The van der Waals surface area contributed by atoms with Gasteiger partial charge in [0.25, 0.3) is 0 Å². The number of hydrogen-bond acceptors (Lipinski definition) is 5. The number of anilines is 1. The van der Waals surface area contributed by atoms with Crippen LogP contribution in [0, 0.1) is 6.57 Å². The Morgan fingerprint density at radius 2 is 2.10 bits per heavy atom. The molecule has 1 atom stereocenters. The first-order valence-corrected chi connectivity index (χ1v) is 9.61. The van der Waals surface area contributed by atoms with E-state index in [9.17, 15) is 14.7 Å². The van der Waals surface area contributed by atoms with Crippen LogP contribution in [0.15, 0.2) is 11.6 Å². The second kappa shape index (κ2) is 8.99. The zero-order valence-electron chi connectivity index (χ0n) is 17.7. The highest BCUT2D eigenvalue weighted by molar-refractivity contribution is 5.92. The molecule has 1 aromatic heterocycles. The van der Waals surface area contributed by atoms with E-state index in [1.54, 1.807) is 25.3 Å². The maximum atomic E-state index is 12.1. The van der Waals surface area contributed by atoms with Gasteiger partial charge in [0.15, 0.2) is 5.69 Å². The molecule has 1 aliphatic rings. The minimum absolute atomic E-state index is 0.116. The van der Waals surface area contributed by atoms with Gasteiger partial charge >= 0.3 is 23.8 Å². The topological polar surface area (TPSA) is 101 Å². The Morgan fingerprint density at radius 1 is 1.41 bits per heavy atom. The third-order valence-corrected chi connectivity index (χ3v) is 4.34. The predicted molar refractivity (Wildman–Crippen MR) is 109 cm³/mol. The van der Waals surface area contributed by atoms with Gasteiger partial charge in [-0.05, 0) is 47.5 Å². The summed E-state index contributed by atoms with van der Waals surface area (Å²) in [5.41, 5.74) is 0.336. The molecule has 1 aliphatic heterocycles. The number of nitrogens with zero attached hydrogens (tertiary/aromatic N) is 4. The fourth-order valence-electron chi connectivity index (χ4n) is 3.16. The molecule has 0 bridgehead atoms. The SMILES string of the molecule is [C-]#[N+]c1nc(N2CCCC(NC(=O)OC(C)(C)C)C2)n(CC=C(C)C)c1C(=O)O. The van der Waals surface area contributed by atoms with Crippen molar-refractivity contribution in [1.29, 1.82) is 0 Å². The van der Waals surface area contributed by atoms with Crippen molar-refractivity contribution in [2.75, 3.05) is 18.0 Å². The Kier molecular flexibility index (Phi) is 6.90. The Bertz CT molecular complexity index is 840. The van der Waals surface area contributed by atoms with Crippen molar-refractivity contribution in [2.45, 2.75) is 65.6 Å². The zero-order chi connectivity index (χ0) is 21.8. The lowest BCUT2D eigenvalue weighted by atomic mass is 10.1. The normalized spacial score (nSPS) is 16.7. The van der Waals surface area contributed by atoms with Crippen LogP contribution in [0.25, 0.3) is 4.85 Å². The molecule has 0 spiro atoms. The smallest absolute Gasteiger partial charge is 0.407 e. The van der Waals surface area contributed by atoms with E-state index >= 15 is 0 Å². The van der Waals surface area contributed by atoms with Crippen LogP contribution in [0.2, 0.25) is 0 Å². The molecule has 0 radical (unpaired) electrons. The number of allylic oxidation sites excluding steroid dienone is 2. The van der Waals surface area contributed by atoms with E-state index < -0.39 is 17.7 Å². The van der Waals surface area contributed by atoms with E-state index in [1.807, 2.05) is 24.8 Å². The molecule has 1 aromatic rings. The minimum atomic E-state index is -1.18. The van der Waals surface area contributed by atoms with Crippen LogP contribution in [0.1, 0.15) is 57.9 Å². The largest absolute Gasteiger partial charge is 0.477 e. The Morgan fingerprint density at radius 3 is 2.66 bits per heavy atom. The second-order valence-corrected chi connectivity index (χ2v) is 8.32. The number of carboxylic acid groups (broad SMARTS) is 1. The molecule has 1 fully saturated rings. The molecule has 158 valence electrons. The average Bonchev–Trinajstić information content (AvgIpc) is 2.97. The van der Waals surface area contributed by atoms with E-state index in [2.05, 4.69) is 15.1 Å². The summed E-state index contributed by atoms with van der Waals surface area (Å²) in [4.78, 5) is 33.4. The lowest BCUT2D eigenvalue weighted by Gasteiger charge is -2.33. The van der Waals surface area contributed by atoms with Gasteiger partial charge in [-0.3, -0.25) is 4.57 Å². The maximum absolute atomic E-state index is 12.1. The van der Waals surface area contributed by atoms with Gasteiger partial charge in [0, 0.05) is 25.7 Å². The molecule has 2 heterocycles. The first-order chi connectivity index (χ1) is 13.5. The van der Waals surface area contributed by atoms with Crippen LogP contribution in [0.4, 0.5) is 16.6 Å².